The van der Waals surface area contributed by atoms with Gasteiger partial charge in [-0.2, -0.15) is 0 Å². The van der Waals surface area contributed by atoms with Crippen molar-refractivity contribution >= 4 is 68.3 Å². The molecule has 4 amide bonds. The van der Waals surface area contributed by atoms with Gasteiger partial charge < -0.3 is 46.7 Å². The molecule has 0 aromatic heterocycles. The van der Waals surface area contributed by atoms with Gasteiger partial charge in [-0.25, -0.2) is 17.9 Å². The van der Waals surface area contributed by atoms with Gasteiger partial charge >= 0.3 is 17.9 Å². The second kappa shape index (κ2) is 30.4. The number of hydrogen-bond acceptors (Lipinski definition) is 17. The zero-order valence-corrected chi connectivity index (χ0v) is 52.4. The second-order valence-corrected chi connectivity index (χ2v) is 26.2. The molecule has 0 aliphatic carbocycles. The SMILES string of the molecule is Cc1c(C)c(S(=O)(=O)NC(N)=NCCC[C@H](NC(=O)CN2CCN(CC(=O)OC(C)(C)C)CCN(CC(N)=O)CCN(CC(=O)OC(C)(C)C)CC2)C(=O)NCCCCCNC(=O)c2ccc(C(=O)O)c3ccccc23)c(C)c2c1OC(C)(C)C2. The van der Waals surface area contributed by atoms with E-state index < -0.39 is 68.5 Å². The van der Waals surface area contributed by atoms with E-state index in [0.29, 0.717) is 110 Å². The molecule has 0 unspecified atom stereocenters. The van der Waals surface area contributed by atoms with Crippen molar-refractivity contribution in [2.24, 2.45) is 16.5 Å². The lowest BCUT2D eigenvalue weighted by atomic mass is 9.94. The molecule has 3 aromatic rings. The van der Waals surface area contributed by atoms with Gasteiger partial charge in [-0.05, 0) is 148 Å². The van der Waals surface area contributed by atoms with Gasteiger partial charge in [0.05, 0.1) is 36.6 Å². The number of carboxylic acid groups (broad SMARTS) is 1. The highest BCUT2D eigenvalue weighted by atomic mass is 32.2. The summed E-state index contributed by atoms with van der Waals surface area (Å²) < 4.78 is 47.8. The van der Waals surface area contributed by atoms with Crippen molar-refractivity contribution < 1.29 is 61.3 Å². The van der Waals surface area contributed by atoms with E-state index in [1.165, 1.54) is 12.1 Å². The van der Waals surface area contributed by atoms with Crippen LogP contribution in [0.4, 0.5) is 0 Å². The standard InChI is InChI=1S/C60H91N11O13S/c1-39-40(2)53(41(3)46-34-60(10,11)84-52(39)46)85(80,81)67-57(62)65-25-17-20-47(55(77)64-24-16-12-15-23-63-54(76)44-21-22-45(56(78)79)43-19-14-13-18-42(43)44)66-49(73)36-69-28-32-70(37-50(74)82-58(4,5)6)30-26-68(35-48(61)72)27-31-71(33-29-69)38-51(75)83-59(7,8)9/h13-14,18-19,21-22,47H,12,15-17,20,23-38H2,1-11H3,(H2,61,72)(H,63,76)(H,64,77)(H,66,73)(H,78,79)(H3,62,65,67)/t47-/m0/s1. The molecule has 2 aliphatic rings. The van der Waals surface area contributed by atoms with Crippen molar-refractivity contribution in [2.75, 3.05) is 98.2 Å². The Hall–Kier alpha value is -6.93. The van der Waals surface area contributed by atoms with E-state index in [1.807, 2.05) is 40.4 Å². The number of fused-ring (bicyclic) bond motifs is 2. The van der Waals surface area contributed by atoms with Crippen molar-refractivity contribution in [1.82, 2.24) is 40.3 Å². The van der Waals surface area contributed by atoms with E-state index >= 15 is 0 Å². The Labute approximate surface area is 500 Å². The van der Waals surface area contributed by atoms with Gasteiger partial charge in [0, 0.05) is 89.5 Å². The van der Waals surface area contributed by atoms with Crippen molar-refractivity contribution in [3.8, 4) is 5.75 Å². The maximum Gasteiger partial charge on any atom is 0.336 e. The van der Waals surface area contributed by atoms with Crippen LogP contribution in [-0.2, 0) is 49.9 Å². The largest absolute Gasteiger partial charge is 0.487 e. The summed E-state index contributed by atoms with van der Waals surface area (Å²) in [5.41, 5.74) is 13.0. The Morgan fingerprint density at radius 3 is 1.69 bits per heavy atom. The highest BCUT2D eigenvalue weighted by Gasteiger charge is 2.37. The summed E-state index contributed by atoms with van der Waals surface area (Å²) in [4.78, 5) is 104. The molecule has 0 bridgehead atoms. The number of nitrogens with zero attached hydrogens (tertiary/aromatic N) is 5. The number of guanidine groups is 1. The van der Waals surface area contributed by atoms with Crippen LogP contribution in [0.5, 0.6) is 5.75 Å². The first-order valence-electron chi connectivity index (χ1n) is 29.1. The molecule has 3 aromatic carbocycles. The normalized spacial score (nSPS) is 16.4. The van der Waals surface area contributed by atoms with E-state index in [-0.39, 0.29) is 87.5 Å². The Kier molecular flexibility index (Phi) is 24.6. The first-order chi connectivity index (χ1) is 39.7. The van der Waals surface area contributed by atoms with Gasteiger partial charge in [-0.3, -0.25) is 53.4 Å². The molecule has 1 fully saturated rings. The number of unbranched alkanes of at least 4 members (excludes halogenated alkanes) is 2. The van der Waals surface area contributed by atoms with E-state index in [4.69, 9.17) is 25.7 Å². The summed E-state index contributed by atoms with van der Waals surface area (Å²) in [5.74, 6) is -3.50. The number of ether oxygens (including phenoxy) is 3. The second-order valence-electron chi connectivity index (χ2n) is 24.5. The van der Waals surface area contributed by atoms with E-state index in [9.17, 15) is 47.1 Å². The molecular formula is C60H91N11O13S. The van der Waals surface area contributed by atoms with Gasteiger partial charge in [-0.15, -0.1) is 0 Å². The fraction of sp³-hybridized carbons (Fsp3) is 0.600. The number of amides is 4. The zero-order chi connectivity index (χ0) is 63.0. The van der Waals surface area contributed by atoms with Crippen molar-refractivity contribution in [3.63, 3.8) is 0 Å². The number of benzene rings is 3. The molecular weight excluding hydrogens is 1110 g/mol. The fourth-order valence-electron chi connectivity index (χ4n) is 10.4. The van der Waals surface area contributed by atoms with Crippen LogP contribution in [-0.4, -0.2) is 202 Å². The predicted molar refractivity (Wildman–Crippen MR) is 324 cm³/mol. The number of nitrogens with one attached hydrogen (secondary N) is 4. The summed E-state index contributed by atoms with van der Waals surface area (Å²) >= 11 is 0. The number of esters is 2. The first-order valence-corrected chi connectivity index (χ1v) is 30.6. The maximum absolute atomic E-state index is 14.3. The van der Waals surface area contributed by atoms with Crippen LogP contribution in [0.3, 0.4) is 0 Å². The number of aliphatic imine (C=N–C) groups is 1. The Morgan fingerprint density at radius 1 is 0.682 bits per heavy atom. The van der Waals surface area contributed by atoms with Gasteiger partial charge in [0.1, 0.15) is 28.6 Å². The Balaban J connectivity index is 1.29. The minimum Gasteiger partial charge on any atom is -0.487 e. The van der Waals surface area contributed by atoms with Gasteiger partial charge in [-0.1, -0.05) is 24.3 Å². The molecule has 0 saturated carbocycles. The molecule has 85 heavy (non-hydrogen) atoms. The molecule has 2 heterocycles. The number of sulfonamides is 1. The minimum atomic E-state index is -4.20. The van der Waals surface area contributed by atoms with Crippen molar-refractivity contribution in [2.45, 2.75) is 142 Å². The monoisotopic (exact) mass is 1210 g/mol. The topological polar surface area (TPSA) is 327 Å². The van der Waals surface area contributed by atoms with Crippen molar-refractivity contribution in [1.29, 1.82) is 0 Å². The summed E-state index contributed by atoms with van der Waals surface area (Å²) in [5, 5.41) is 19.4. The number of nitrogens with two attached hydrogens (primary N) is 2. The van der Waals surface area contributed by atoms with Crippen LogP contribution in [0.2, 0.25) is 0 Å². The van der Waals surface area contributed by atoms with Gasteiger partial charge in [0.15, 0.2) is 0 Å². The minimum absolute atomic E-state index is 0.00755. The summed E-state index contributed by atoms with van der Waals surface area (Å²) in [6.07, 6.45) is 2.53. The highest BCUT2D eigenvalue weighted by molar-refractivity contribution is 7.90. The van der Waals surface area contributed by atoms with Gasteiger partial charge in [0.2, 0.25) is 23.7 Å². The molecule has 5 rings (SSSR count). The zero-order valence-electron chi connectivity index (χ0n) is 51.5. The van der Waals surface area contributed by atoms with Gasteiger partial charge in [0.25, 0.3) is 15.9 Å². The Morgan fingerprint density at radius 2 is 1.18 bits per heavy atom. The lowest BCUT2D eigenvalue weighted by molar-refractivity contribution is -0.157. The first kappa shape index (κ1) is 68.8. The Bertz CT molecular complexity index is 3000. The third kappa shape index (κ3) is 21.8. The van der Waals surface area contributed by atoms with Crippen LogP contribution >= 0.6 is 0 Å². The molecule has 1 saturated heterocycles. The summed E-state index contributed by atoms with van der Waals surface area (Å²) in [6, 6.07) is 8.66. The van der Waals surface area contributed by atoms with E-state index in [2.05, 4.69) is 25.7 Å². The number of carboxylic acids is 1. The molecule has 470 valence electrons. The van der Waals surface area contributed by atoms with Crippen molar-refractivity contribution in [3.05, 3.63) is 69.8 Å². The fourth-order valence-corrected chi connectivity index (χ4v) is 11.9. The highest BCUT2D eigenvalue weighted by Crippen LogP contribution is 2.43. The number of rotatable bonds is 24. The number of carbonyl (C=O) groups excluding carboxylic acids is 6. The predicted octanol–water partition coefficient (Wildman–Crippen LogP) is 3.14. The van der Waals surface area contributed by atoms with E-state index in [1.54, 1.807) is 79.7 Å². The number of carbonyl (C=O) groups is 7. The smallest absolute Gasteiger partial charge is 0.336 e. The average Bonchev–Trinajstić information content (AvgIpc) is 2.02. The number of hydrogen-bond donors (Lipinski definition) is 7. The molecule has 0 radical (unpaired) electrons. The van der Waals surface area contributed by atoms with Crippen LogP contribution in [0.1, 0.15) is 130 Å². The lowest BCUT2D eigenvalue weighted by Gasteiger charge is -2.34. The maximum atomic E-state index is 14.3. The van der Waals surface area contributed by atoms with Crippen LogP contribution in [0.25, 0.3) is 10.8 Å². The summed E-state index contributed by atoms with van der Waals surface area (Å²) in [6.45, 7) is 22.6. The third-order valence-corrected chi connectivity index (χ3v) is 16.1. The average molecular weight is 1210 g/mol. The van der Waals surface area contributed by atoms with Crippen LogP contribution in [0.15, 0.2) is 46.3 Å². The number of aromatic carboxylic acids is 1. The molecule has 0 spiro atoms. The molecule has 24 nitrogen and oxygen atoms in total. The quantitative estimate of drug-likeness (QED) is 0.0293. The summed E-state index contributed by atoms with van der Waals surface area (Å²) in [7, 11) is -4.20. The molecule has 25 heteroatoms. The van der Waals surface area contributed by atoms with Crippen LogP contribution < -0.4 is 36.9 Å². The number of primary amides is 1. The third-order valence-electron chi connectivity index (χ3n) is 14.4. The van der Waals surface area contributed by atoms with Crippen LogP contribution in [0, 0.1) is 20.8 Å². The molecule has 2 aliphatic heterocycles. The molecule has 1 atom stereocenters. The van der Waals surface area contributed by atoms with E-state index in [0.717, 1.165) is 5.56 Å². The lowest BCUT2D eigenvalue weighted by Crippen LogP contribution is -2.52. The molecule has 9 N–H and O–H groups in total.